The molecule has 0 saturated carbocycles. The number of nitrogens with one attached hydrogen (secondary N) is 1. The van der Waals surface area contributed by atoms with Crippen LogP contribution in [0.3, 0.4) is 0 Å². The number of rotatable bonds is 5. The topological polar surface area (TPSA) is 89.5 Å². The average Bonchev–Trinajstić information content (AvgIpc) is 2.29. The van der Waals surface area contributed by atoms with Crippen molar-refractivity contribution >= 4 is 11.9 Å². The molecule has 2 unspecified atom stereocenters. The molecule has 0 aromatic heterocycles. The Morgan fingerprint density at radius 2 is 1.94 bits per heavy atom. The first-order chi connectivity index (χ1) is 8.02. The number of aliphatic hydroxyl groups excluding tert-OH is 1. The van der Waals surface area contributed by atoms with Crippen LogP contribution in [-0.4, -0.2) is 29.6 Å². The Morgan fingerprint density at radius 1 is 1.35 bits per heavy atom. The molecular formula is C12H14NO4-. The van der Waals surface area contributed by atoms with Gasteiger partial charge >= 0.3 is 0 Å². The predicted octanol–water partition coefficient (Wildman–Crippen LogP) is -0.837. The fraction of sp³-hybridized carbons (Fsp3) is 0.333. The SMILES string of the molecule is CC(O)C(CNC(=O)c1ccccc1)C(=O)[O-]. The van der Waals surface area contributed by atoms with Crippen LogP contribution < -0.4 is 10.4 Å². The summed E-state index contributed by atoms with van der Waals surface area (Å²) in [7, 11) is 0. The van der Waals surface area contributed by atoms with Crippen LogP contribution in [0.15, 0.2) is 30.3 Å². The smallest absolute Gasteiger partial charge is 0.251 e. The first-order valence-electron chi connectivity index (χ1n) is 5.24. The minimum atomic E-state index is -1.38. The van der Waals surface area contributed by atoms with Gasteiger partial charge in [0.05, 0.1) is 6.10 Å². The van der Waals surface area contributed by atoms with Crippen LogP contribution >= 0.6 is 0 Å². The first kappa shape index (κ1) is 13.2. The number of aliphatic hydroxyl groups is 1. The Hall–Kier alpha value is -1.88. The zero-order chi connectivity index (χ0) is 12.8. The number of hydrogen-bond acceptors (Lipinski definition) is 4. The number of aliphatic carboxylic acids is 1. The summed E-state index contributed by atoms with van der Waals surface area (Å²) in [5.74, 6) is -2.87. The highest BCUT2D eigenvalue weighted by Gasteiger charge is 2.17. The Morgan fingerprint density at radius 3 is 2.41 bits per heavy atom. The fourth-order valence-corrected chi connectivity index (χ4v) is 1.35. The molecule has 1 aromatic rings. The third-order valence-electron chi connectivity index (χ3n) is 2.40. The van der Waals surface area contributed by atoms with E-state index in [0.717, 1.165) is 0 Å². The summed E-state index contributed by atoms with van der Waals surface area (Å²) < 4.78 is 0. The Kier molecular flexibility index (Phi) is 4.66. The van der Waals surface area contributed by atoms with Crippen molar-refractivity contribution in [1.29, 1.82) is 0 Å². The molecule has 17 heavy (non-hydrogen) atoms. The monoisotopic (exact) mass is 236 g/mol. The molecule has 1 amide bonds. The molecule has 2 atom stereocenters. The molecule has 0 aliphatic carbocycles. The van der Waals surface area contributed by atoms with Gasteiger partial charge in [-0.15, -0.1) is 0 Å². The van der Waals surface area contributed by atoms with Gasteiger partial charge in [-0.1, -0.05) is 18.2 Å². The summed E-state index contributed by atoms with van der Waals surface area (Å²) in [5.41, 5.74) is 0.440. The van der Waals surface area contributed by atoms with Crippen molar-refractivity contribution in [2.45, 2.75) is 13.0 Å². The number of benzene rings is 1. The number of hydrogen-bond donors (Lipinski definition) is 2. The number of amides is 1. The third-order valence-corrected chi connectivity index (χ3v) is 2.40. The number of carboxylic acid groups (broad SMARTS) is 1. The van der Waals surface area contributed by atoms with Crippen LogP contribution in [0.5, 0.6) is 0 Å². The van der Waals surface area contributed by atoms with E-state index in [0.29, 0.717) is 5.56 Å². The molecule has 0 radical (unpaired) electrons. The first-order valence-corrected chi connectivity index (χ1v) is 5.24. The van der Waals surface area contributed by atoms with Gasteiger partial charge in [0.15, 0.2) is 0 Å². The average molecular weight is 236 g/mol. The van der Waals surface area contributed by atoms with Gasteiger partial charge < -0.3 is 20.3 Å². The van der Waals surface area contributed by atoms with Crippen LogP contribution in [0.4, 0.5) is 0 Å². The summed E-state index contributed by atoms with van der Waals surface area (Å²) in [6, 6.07) is 8.42. The fourth-order valence-electron chi connectivity index (χ4n) is 1.35. The molecular weight excluding hydrogens is 222 g/mol. The van der Waals surface area contributed by atoms with Crippen molar-refractivity contribution in [2.75, 3.05) is 6.54 Å². The van der Waals surface area contributed by atoms with Gasteiger partial charge in [-0.25, -0.2) is 0 Å². The second-order valence-electron chi connectivity index (χ2n) is 3.74. The van der Waals surface area contributed by atoms with E-state index in [2.05, 4.69) is 5.32 Å². The van der Waals surface area contributed by atoms with Gasteiger partial charge in [-0.2, -0.15) is 0 Å². The van der Waals surface area contributed by atoms with Gasteiger partial charge in [-0.3, -0.25) is 4.79 Å². The molecule has 5 nitrogen and oxygen atoms in total. The molecule has 1 rings (SSSR count). The lowest BCUT2D eigenvalue weighted by Crippen LogP contribution is -2.44. The van der Waals surface area contributed by atoms with Crippen molar-refractivity contribution < 1.29 is 19.8 Å². The Bertz CT molecular complexity index is 389. The minimum absolute atomic E-state index is 0.159. The molecule has 0 spiro atoms. The van der Waals surface area contributed by atoms with E-state index in [4.69, 9.17) is 0 Å². The molecule has 0 saturated heterocycles. The van der Waals surface area contributed by atoms with Crippen LogP contribution in [0.2, 0.25) is 0 Å². The molecule has 0 heterocycles. The number of carboxylic acids is 1. The van der Waals surface area contributed by atoms with Crippen molar-refractivity contribution in [3.8, 4) is 0 Å². The molecule has 0 fully saturated rings. The summed E-state index contributed by atoms with van der Waals surface area (Å²) in [5, 5.41) is 22.3. The van der Waals surface area contributed by atoms with Gasteiger partial charge in [0, 0.05) is 24.0 Å². The quantitative estimate of drug-likeness (QED) is 0.697. The normalized spacial score (nSPS) is 13.8. The van der Waals surface area contributed by atoms with E-state index in [1.807, 2.05) is 0 Å². The van der Waals surface area contributed by atoms with Gasteiger partial charge in [0.25, 0.3) is 5.91 Å². The van der Waals surface area contributed by atoms with Crippen molar-refractivity contribution in [1.82, 2.24) is 5.32 Å². The standard InChI is InChI=1S/C12H15NO4/c1-8(14)10(12(16)17)7-13-11(15)9-5-3-2-4-6-9/h2-6,8,10,14H,7H2,1H3,(H,13,15)(H,16,17)/p-1. The van der Waals surface area contributed by atoms with Crippen molar-refractivity contribution in [2.24, 2.45) is 5.92 Å². The molecule has 5 heteroatoms. The Balaban J connectivity index is 2.56. The van der Waals surface area contributed by atoms with Gasteiger partial charge in [-0.05, 0) is 19.1 Å². The van der Waals surface area contributed by atoms with E-state index in [1.165, 1.54) is 6.92 Å². The summed E-state index contributed by atoms with van der Waals surface area (Å²) >= 11 is 0. The van der Waals surface area contributed by atoms with Crippen LogP contribution in [-0.2, 0) is 4.79 Å². The lowest BCUT2D eigenvalue weighted by Gasteiger charge is -2.21. The molecule has 0 aliphatic heterocycles. The van der Waals surface area contributed by atoms with Crippen LogP contribution in [0.1, 0.15) is 17.3 Å². The maximum atomic E-state index is 11.6. The van der Waals surface area contributed by atoms with E-state index in [-0.39, 0.29) is 12.5 Å². The van der Waals surface area contributed by atoms with E-state index >= 15 is 0 Å². The largest absolute Gasteiger partial charge is 0.550 e. The molecule has 1 aromatic carbocycles. The molecule has 0 bridgehead atoms. The maximum absolute atomic E-state index is 11.6. The van der Waals surface area contributed by atoms with E-state index in [1.54, 1.807) is 30.3 Å². The third kappa shape index (κ3) is 3.88. The minimum Gasteiger partial charge on any atom is -0.550 e. The van der Waals surface area contributed by atoms with E-state index in [9.17, 15) is 19.8 Å². The van der Waals surface area contributed by atoms with Crippen molar-refractivity contribution in [3.05, 3.63) is 35.9 Å². The zero-order valence-corrected chi connectivity index (χ0v) is 9.42. The lowest BCUT2D eigenvalue weighted by atomic mass is 10.0. The zero-order valence-electron chi connectivity index (χ0n) is 9.42. The molecule has 2 N–H and O–H groups in total. The highest BCUT2D eigenvalue weighted by molar-refractivity contribution is 5.94. The van der Waals surface area contributed by atoms with Gasteiger partial charge in [0.2, 0.25) is 0 Å². The number of carbonyl (C=O) groups is 2. The highest BCUT2D eigenvalue weighted by Crippen LogP contribution is 2.02. The van der Waals surface area contributed by atoms with Crippen LogP contribution in [0, 0.1) is 5.92 Å². The molecule has 0 aliphatic rings. The van der Waals surface area contributed by atoms with E-state index < -0.39 is 18.0 Å². The van der Waals surface area contributed by atoms with Crippen LogP contribution in [0.25, 0.3) is 0 Å². The second-order valence-corrected chi connectivity index (χ2v) is 3.74. The van der Waals surface area contributed by atoms with Crippen molar-refractivity contribution in [3.63, 3.8) is 0 Å². The Labute approximate surface area is 99.1 Å². The molecule has 92 valence electrons. The predicted molar refractivity (Wildman–Crippen MR) is 59.0 cm³/mol. The summed E-state index contributed by atoms with van der Waals surface area (Å²) in [6.07, 6.45) is -1.07. The summed E-state index contributed by atoms with van der Waals surface area (Å²) in [6.45, 7) is 1.18. The number of carbonyl (C=O) groups excluding carboxylic acids is 2. The lowest BCUT2D eigenvalue weighted by molar-refractivity contribution is -0.313. The summed E-state index contributed by atoms with van der Waals surface area (Å²) in [4.78, 5) is 22.3. The van der Waals surface area contributed by atoms with Gasteiger partial charge in [0.1, 0.15) is 0 Å². The highest BCUT2D eigenvalue weighted by atomic mass is 16.4. The second kappa shape index (κ2) is 6.00. The maximum Gasteiger partial charge on any atom is 0.251 e.